The van der Waals surface area contributed by atoms with Crippen molar-refractivity contribution in [3.8, 4) is 0 Å². The quantitative estimate of drug-likeness (QED) is 0.571. The van der Waals surface area contributed by atoms with E-state index in [-0.39, 0.29) is 5.92 Å². The summed E-state index contributed by atoms with van der Waals surface area (Å²) in [5, 5.41) is 0. The van der Waals surface area contributed by atoms with Gasteiger partial charge in [0.2, 0.25) is 0 Å². The van der Waals surface area contributed by atoms with Gasteiger partial charge in [0.05, 0.1) is 5.92 Å². The Balaban J connectivity index is 2.19. The highest BCUT2D eigenvalue weighted by atomic mass is 16.1. The summed E-state index contributed by atoms with van der Waals surface area (Å²) in [5.74, 6) is 0.454. The van der Waals surface area contributed by atoms with Gasteiger partial charge in [0.1, 0.15) is 5.78 Å². The number of allylic oxidation sites excluding steroid dienone is 4. The van der Waals surface area contributed by atoms with Crippen LogP contribution in [0.5, 0.6) is 0 Å². The SMILES string of the molecule is CCCCCC(=O)C1C=CC=C1. The monoisotopic (exact) mass is 164 g/mol. The predicted octanol–water partition coefficient (Wildman–Crippen LogP) is 2.88. The number of carbonyl (C=O) groups is 1. The third kappa shape index (κ3) is 2.65. The summed E-state index contributed by atoms with van der Waals surface area (Å²) < 4.78 is 0. The first-order valence-electron chi connectivity index (χ1n) is 4.72. The Hall–Kier alpha value is -0.850. The number of hydrogen-bond acceptors (Lipinski definition) is 1. The Morgan fingerprint density at radius 3 is 2.50 bits per heavy atom. The van der Waals surface area contributed by atoms with Crippen LogP contribution in [0.3, 0.4) is 0 Å². The second kappa shape index (κ2) is 4.91. The lowest BCUT2D eigenvalue weighted by Gasteiger charge is -2.02. The van der Waals surface area contributed by atoms with E-state index in [1.54, 1.807) is 0 Å². The fraction of sp³-hybridized carbons (Fsp3) is 0.545. The Kier molecular flexibility index (Phi) is 3.78. The molecule has 0 heterocycles. The van der Waals surface area contributed by atoms with Gasteiger partial charge in [-0.05, 0) is 6.42 Å². The molecule has 1 aliphatic rings. The van der Waals surface area contributed by atoms with Crippen molar-refractivity contribution in [1.29, 1.82) is 0 Å². The minimum atomic E-state index is 0.0851. The molecule has 0 aromatic carbocycles. The molecule has 0 fully saturated rings. The standard InChI is InChI=1S/C11H16O/c1-2-3-4-9-11(12)10-7-5-6-8-10/h5-8,10H,2-4,9H2,1H3. The second-order valence-electron chi connectivity index (χ2n) is 3.22. The molecule has 1 nitrogen and oxygen atoms in total. The van der Waals surface area contributed by atoms with E-state index in [9.17, 15) is 4.79 Å². The van der Waals surface area contributed by atoms with Crippen molar-refractivity contribution < 1.29 is 4.79 Å². The fourth-order valence-corrected chi connectivity index (χ4v) is 1.36. The number of Topliss-reactive ketones (excluding diaryl/α,β-unsaturated/α-hetero) is 1. The van der Waals surface area contributed by atoms with E-state index in [0.29, 0.717) is 5.78 Å². The highest BCUT2D eigenvalue weighted by Crippen LogP contribution is 2.13. The molecule has 0 atom stereocenters. The largest absolute Gasteiger partial charge is 0.299 e. The maximum atomic E-state index is 11.4. The summed E-state index contributed by atoms with van der Waals surface area (Å²) in [6.45, 7) is 2.15. The maximum Gasteiger partial charge on any atom is 0.143 e. The zero-order chi connectivity index (χ0) is 8.81. The first kappa shape index (κ1) is 9.24. The average Bonchev–Trinajstić information content (AvgIpc) is 2.56. The number of rotatable bonds is 5. The zero-order valence-corrected chi connectivity index (χ0v) is 7.62. The van der Waals surface area contributed by atoms with Crippen molar-refractivity contribution in [1.82, 2.24) is 0 Å². The van der Waals surface area contributed by atoms with Crippen molar-refractivity contribution in [2.24, 2.45) is 5.92 Å². The highest BCUT2D eigenvalue weighted by molar-refractivity contribution is 5.85. The number of hydrogen-bond donors (Lipinski definition) is 0. The van der Waals surface area contributed by atoms with Crippen LogP contribution < -0.4 is 0 Å². The predicted molar refractivity (Wildman–Crippen MR) is 50.9 cm³/mol. The van der Waals surface area contributed by atoms with Crippen LogP contribution in [-0.4, -0.2) is 5.78 Å². The van der Waals surface area contributed by atoms with Gasteiger partial charge in [0.25, 0.3) is 0 Å². The van der Waals surface area contributed by atoms with Crippen molar-refractivity contribution >= 4 is 5.78 Å². The summed E-state index contributed by atoms with van der Waals surface area (Å²) in [6, 6.07) is 0. The molecule has 1 aliphatic carbocycles. The van der Waals surface area contributed by atoms with Crippen LogP contribution >= 0.6 is 0 Å². The van der Waals surface area contributed by atoms with Crippen LogP contribution in [-0.2, 0) is 4.79 Å². The molecule has 12 heavy (non-hydrogen) atoms. The highest BCUT2D eigenvalue weighted by Gasteiger charge is 2.12. The lowest BCUT2D eigenvalue weighted by molar-refractivity contribution is -0.120. The van der Waals surface area contributed by atoms with Gasteiger partial charge in [0.15, 0.2) is 0 Å². The molecular formula is C11H16O. The van der Waals surface area contributed by atoms with Gasteiger partial charge in [-0.3, -0.25) is 4.79 Å². The van der Waals surface area contributed by atoms with E-state index in [4.69, 9.17) is 0 Å². The number of unbranched alkanes of at least 4 members (excludes halogenated alkanes) is 2. The van der Waals surface area contributed by atoms with Gasteiger partial charge in [-0.25, -0.2) is 0 Å². The van der Waals surface area contributed by atoms with Gasteiger partial charge in [-0.15, -0.1) is 0 Å². The van der Waals surface area contributed by atoms with Crippen LogP contribution in [0.4, 0.5) is 0 Å². The summed E-state index contributed by atoms with van der Waals surface area (Å²) in [7, 11) is 0. The molecule has 0 saturated carbocycles. The molecule has 1 rings (SSSR count). The molecule has 0 aromatic heterocycles. The summed E-state index contributed by atoms with van der Waals surface area (Å²) in [6.07, 6.45) is 12.0. The Morgan fingerprint density at radius 2 is 1.92 bits per heavy atom. The van der Waals surface area contributed by atoms with Crippen LogP contribution in [0.25, 0.3) is 0 Å². The van der Waals surface area contributed by atoms with E-state index < -0.39 is 0 Å². The average molecular weight is 164 g/mol. The molecule has 0 bridgehead atoms. The third-order valence-electron chi connectivity index (χ3n) is 2.15. The lowest BCUT2D eigenvalue weighted by atomic mass is 10.0. The van der Waals surface area contributed by atoms with Crippen LogP contribution in [0.1, 0.15) is 32.6 Å². The molecule has 0 unspecified atom stereocenters. The van der Waals surface area contributed by atoms with Gasteiger partial charge in [0, 0.05) is 6.42 Å². The van der Waals surface area contributed by atoms with E-state index in [2.05, 4.69) is 6.92 Å². The Bertz CT molecular complexity index is 189. The zero-order valence-electron chi connectivity index (χ0n) is 7.62. The second-order valence-corrected chi connectivity index (χ2v) is 3.22. The topological polar surface area (TPSA) is 17.1 Å². The molecule has 0 aliphatic heterocycles. The minimum Gasteiger partial charge on any atom is -0.299 e. The Morgan fingerprint density at radius 1 is 1.25 bits per heavy atom. The van der Waals surface area contributed by atoms with Crippen molar-refractivity contribution in [2.75, 3.05) is 0 Å². The number of carbonyl (C=O) groups excluding carboxylic acids is 1. The number of ketones is 1. The minimum absolute atomic E-state index is 0.0851. The van der Waals surface area contributed by atoms with E-state index in [1.807, 2.05) is 24.3 Å². The van der Waals surface area contributed by atoms with E-state index >= 15 is 0 Å². The smallest absolute Gasteiger partial charge is 0.143 e. The molecule has 0 radical (unpaired) electrons. The van der Waals surface area contributed by atoms with Crippen molar-refractivity contribution in [3.05, 3.63) is 24.3 Å². The summed E-state index contributed by atoms with van der Waals surface area (Å²) in [4.78, 5) is 11.4. The first-order valence-corrected chi connectivity index (χ1v) is 4.72. The maximum absolute atomic E-state index is 11.4. The van der Waals surface area contributed by atoms with Gasteiger partial charge >= 0.3 is 0 Å². The molecule has 0 saturated heterocycles. The fourth-order valence-electron chi connectivity index (χ4n) is 1.36. The molecule has 66 valence electrons. The molecule has 0 N–H and O–H groups in total. The molecule has 0 amide bonds. The van der Waals surface area contributed by atoms with Crippen LogP contribution in [0, 0.1) is 5.92 Å². The Labute approximate surface area is 74.2 Å². The molecule has 0 aromatic rings. The summed E-state index contributed by atoms with van der Waals surface area (Å²) >= 11 is 0. The third-order valence-corrected chi connectivity index (χ3v) is 2.15. The van der Waals surface area contributed by atoms with Crippen LogP contribution in [0.15, 0.2) is 24.3 Å². The van der Waals surface area contributed by atoms with Crippen molar-refractivity contribution in [2.45, 2.75) is 32.6 Å². The molecule has 1 heteroatoms. The van der Waals surface area contributed by atoms with Gasteiger partial charge in [-0.2, -0.15) is 0 Å². The van der Waals surface area contributed by atoms with Crippen molar-refractivity contribution in [3.63, 3.8) is 0 Å². The van der Waals surface area contributed by atoms with Gasteiger partial charge in [-0.1, -0.05) is 44.1 Å². The van der Waals surface area contributed by atoms with Crippen LogP contribution in [0.2, 0.25) is 0 Å². The van der Waals surface area contributed by atoms with Gasteiger partial charge < -0.3 is 0 Å². The molecule has 0 spiro atoms. The lowest BCUT2D eigenvalue weighted by Crippen LogP contribution is -2.07. The summed E-state index contributed by atoms with van der Waals surface area (Å²) in [5.41, 5.74) is 0. The normalized spacial score (nSPS) is 15.8. The van der Waals surface area contributed by atoms with E-state index in [1.165, 1.54) is 12.8 Å². The van der Waals surface area contributed by atoms with E-state index in [0.717, 1.165) is 12.8 Å². The molecular weight excluding hydrogens is 148 g/mol. The first-order chi connectivity index (χ1) is 5.84.